The summed E-state index contributed by atoms with van der Waals surface area (Å²) in [6, 6.07) is 14.3. The Morgan fingerprint density at radius 3 is 2.68 bits per heavy atom. The van der Waals surface area contributed by atoms with Crippen LogP contribution >= 0.6 is 11.8 Å². The van der Waals surface area contributed by atoms with Crippen LogP contribution in [0.5, 0.6) is 0 Å². The van der Waals surface area contributed by atoms with E-state index in [4.69, 9.17) is 14.2 Å². The van der Waals surface area contributed by atoms with E-state index in [0.717, 1.165) is 16.7 Å². The van der Waals surface area contributed by atoms with Crippen LogP contribution in [0.15, 0.2) is 60.0 Å². The first-order chi connectivity index (χ1) is 18.5. The van der Waals surface area contributed by atoms with E-state index in [1.807, 2.05) is 30.3 Å². The molecule has 1 saturated heterocycles. The van der Waals surface area contributed by atoms with Gasteiger partial charge in [-0.05, 0) is 30.2 Å². The van der Waals surface area contributed by atoms with Crippen molar-refractivity contribution in [1.82, 2.24) is 20.5 Å². The number of amides is 2. The van der Waals surface area contributed by atoms with Crippen molar-refractivity contribution in [3.05, 3.63) is 71.5 Å². The minimum atomic E-state index is -0.696. The van der Waals surface area contributed by atoms with Gasteiger partial charge in [0.2, 0.25) is 0 Å². The number of carbonyl (C=O) groups excluding carboxylic acids is 2. The summed E-state index contributed by atoms with van der Waals surface area (Å²) in [4.78, 5) is 28.0. The third-order valence-electron chi connectivity index (χ3n) is 6.02. The van der Waals surface area contributed by atoms with E-state index in [1.165, 1.54) is 18.1 Å². The molecule has 38 heavy (non-hydrogen) atoms. The molecule has 3 aromatic rings. The zero-order valence-electron chi connectivity index (χ0n) is 21.1. The lowest BCUT2D eigenvalue weighted by Crippen LogP contribution is -2.38. The molecule has 4 atom stereocenters. The molecule has 0 aliphatic carbocycles. The van der Waals surface area contributed by atoms with Crippen LogP contribution in [0, 0.1) is 5.92 Å². The van der Waals surface area contributed by atoms with Crippen LogP contribution in [0.3, 0.4) is 0 Å². The van der Waals surface area contributed by atoms with E-state index in [2.05, 4.69) is 32.7 Å². The third kappa shape index (κ3) is 7.32. The maximum atomic E-state index is 12.3. The minimum Gasteiger partial charge on any atom is -0.465 e. The Morgan fingerprint density at radius 2 is 1.97 bits per heavy atom. The molecule has 1 aliphatic rings. The fourth-order valence-electron chi connectivity index (χ4n) is 4.04. The number of hydrogen-bond donors (Lipinski definition) is 4. The van der Waals surface area contributed by atoms with Crippen LogP contribution in [0.2, 0.25) is 0 Å². The average Bonchev–Trinajstić information content (AvgIpc) is 3.46. The Bertz CT molecular complexity index is 1190. The molecule has 1 aromatic heterocycles. The van der Waals surface area contributed by atoms with E-state index in [9.17, 15) is 14.7 Å². The van der Waals surface area contributed by atoms with Gasteiger partial charge in [-0.2, -0.15) is 5.10 Å². The monoisotopic (exact) mass is 541 g/mol. The molecule has 2 amide bonds. The number of urea groups is 1. The minimum absolute atomic E-state index is 0.0108. The van der Waals surface area contributed by atoms with E-state index < -0.39 is 18.3 Å². The number of thioether (sulfide) groups is 1. The number of carbonyl (C=O) groups is 2. The molecule has 0 saturated carbocycles. The average molecular weight is 542 g/mol. The zero-order chi connectivity index (χ0) is 26.9. The maximum Gasteiger partial charge on any atom is 0.325 e. The molecular formula is C26H31N5O6S. The lowest BCUT2D eigenvalue weighted by molar-refractivity contribution is -0.268. The Kier molecular flexibility index (Phi) is 9.71. The van der Waals surface area contributed by atoms with Gasteiger partial charge in [0.15, 0.2) is 11.4 Å². The van der Waals surface area contributed by atoms with Gasteiger partial charge in [-0.1, -0.05) is 55.1 Å². The number of anilines is 1. The Balaban J connectivity index is 1.50. The summed E-state index contributed by atoms with van der Waals surface area (Å²) in [5, 5.41) is 22.1. The fourth-order valence-corrected chi connectivity index (χ4v) is 4.98. The highest BCUT2D eigenvalue weighted by Gasteiger charge is 2.38. The quantitative estimate of drug-likeness (QED) is 0.223. The molecular weight excluding hydrogens is 510 g/mol. The lowest BCUT2D eigenvalue weighted by atomic mass is 9.91. The SMILES string of the molecule is CCOC(=O)CNC(=O)Nc1cccc([C@H]2O[C@@H](CSc3ncn[nH]3)[C@@H](C)[C@@H](c3ccc(CO)cc3)O2)c1. The Labute approximate surface area is 224 Å². The second-order valence-corrected chi connectivity index (χ2v) is 9.67. The predicted octanol–water partition coefficient (Wildman–Crippen LogP) is 3.57. The third-order valence-corrected chi connectivity index (χ3v) is 6.98. The van der Waals surface area contributed by atoms with Crippen LogP contribution in [0.25, 0.3) is 0 Å². The number of aliphatic hydroxyl groups is 1. The summed E-state index contributed by atoms with van der Waals surface area (Å²) < 4.78 is 17.7. The molecule has 4 N–H and O–H groups in total. The Morgan fingerprint density at radius 1 is 1.16 bits per heavy atom. The van der Waals surface area contributed by atoms with Gasteiger partial charge in [-0.3, -0.25) is 9.89 Å². The summed E-state index contributed by atoms with van der Waals surface area (Å²) in [7, 11) is 0. The largest absolute Gasteiger partial charge is 0.465 e. The number of aromatic nitrogens is 3. The molecule has 202 valence electrons. The maximum absolute atomic E-state index is 12.3. The highest BCUT2D eigenvalue weighted by Crippen LogP contribution is 2.43. The molecule has 1 fully saturated rings. The smallest absolute Gasteiger partial charge is 0.325 e. The summed E-state index contributed by atoms with van der Waals surface area (Å²) in [5.74, 6) is 0.119. The normalized spacial score (nSPS) is 21.0. The Hall–Kier alpha value is -3.45. The molecule has 12 heteroatoms. The fraction of sp³-hybridized carbons (Fsp3) is 0.385. The first-order valence-corrected chi connectivity index (χ1v) is 13.2. The van der Waals surface area contributed by atoms with Crippen molar-refractivity contribution in [2.75, 3.05) is 24.2 Å². The molecule has 1 aliphatic heterocycles. The van der Waals surface area contributed by atoms with Crippen LogP contribution < -0.4 is 10.6 Å². The van der Waals surface area contributed by atoms with Gasteiger partial charge in [0.05, 0.1) is 25.4 Å². The van der Waals surface area contributed by atoms with Gasteiger partial charge >= 0.3 is 12.0 Å². The molecule has 4 rings (SSSR count). The standard InChI is InChI=1S/C26H31N5O6S/c1-3-35-22(33)12-27-25(34)30-20-6-4-5-19(11-20)24-36-21(14-38-26-28-15-29-31-26)16(2)23(37-24)18-9-7-17(13-32)8-10-18/h4-11,15-16,21,23-24,32H,3,12-14H2,1-2H3,(H2,27,30,34)(H,28,29,31)/t16-,21+,23+,24+/m1/s1. The van der Waals surface area contributed by atoms with Crippen molar-refractivity contribution in [2.45, 2.75) is 44.1 Å². The number of benzene rings is 2. The van der Waals surface area contributed by atoms with Gasteiger partial charge in [0, 0.05) is 22.9 Å². The van der Waals surface area contributed by atoms with Crippen LogP contribution in [-0.4, -0.2) is 57.3 Å². The molecule has 2 heterocycles. The van der Waals surface area contributed by atoms with Gasteiger partial charge in [-0.25, -0.2) is 9.78 Å². The summed E-state index contributed by atoms with van der Waals surface area (Å²) in [5.41, 5.74) is 3.05. The van der Waals surface area contributed by atoms with Gasteiger partial charge in [-0.15, -0.1) is 0 Å². The summed E-state index contributed by atoms with van der Waals surface area (Å²) in [6.07, 6.45) is 0.312. The predicted molar refractivity (Wildman–Crippen MR) is 140 cm³/mol. The van der Waals surface area contributed by atoms with Crippen molar-refractivity contribution in [3.63, 3.8) is 0 Å². The molecule has 0 unspecified atom stereocenters. The first kappa shape index (κ1) is 27.6. The van der Waals surface area contributed by atoms with Crippen LogP contribution in [0.4, 0.5) is 10.5 Å². The number of nitrogens with zero attached hydrogens (tertiary/aromatic N) is 2. The molecule has 0 radical (unpaired) electrons. The van der Waals surface area contributed by atoms with E-state index in [1.54, 1.807) is 25.1 Å². The summed E-state index contributed by atoms with van der Waals surface area (Å²) in [6.45, 7) is 3.77. The van der Waals surface area contributed by atoms with Crippen molar-refractivity contribution in [3.8, 4) is 0 Å². The zero-order valence-corrected chi connectivity index (χ0v) is 21.9. The van der Waals surface area contributed by atoms with E-state index in [-0.39, 0.29) is 37.9 Å². The van der Waals surface area contributed by atoms with Crippen molar-refractivity contribution >= 4 is 29.4 Å². The van der Waals surface area contributed by atoms with Gasteiger partial charge < -0.3 is 30.0 Å². The number of hydrogen-bond acceptors (Lipinski definition) is 9. The molecule has 0 spiro atoms. The number of H-pyrrole nitrogens is 1. The van der Waals surface area contributed by atoms with E-state index in [0.29, 0.717) is 16.6 Å². The number of aliphatic hydroxyl groups excluding tert-OH is 1. The topological polar surface area (TPSA) is 148 Å². The van der Waals surface area contributed by atoms with Crippen LogP contribution in [-0.2, 0) is 25.6 Å². The highest BCUT2D eigenvalue weighted by molar-refractivity contribution is 7.99. The second kappa shape index (κ2) is 13.4. The lowest BCUT2D eigenvalue weighted by Gasteiger charge is -2.41. The van der Waals surface area contributed by atoms with Gasteiger partial charge in [0.1, 0.15) is 12.9 Å². The van der Waals surface area contributed by atoms with Crippen molar-refractivity contribution in [1.29, 1.82) is 0 Å². The molecule has 11 nitrogen and oxygen atoms in total. The molecule has 0 bridgehead atoms. The summed E-state index contributed by atoms with van der Waals surface area (Å²) >= 11 is 1.51. The number of esters is 1. The highest BCUT2D eigenvalue weighted by atomic mass is 32.2. The number of ether oxygens (including phenoxy) is 3. The molecule has 2 aromatic carbocycles. The van der Waals surface area contributed by atoms with Crippen LogP contribution in [0.1, 0.15) is 42.9 Å². The van der Waals surface area contributed by atoms with E-state index >= 15 is 0 Å². The van der Waals surface area contributed by atoms with Crippen molar-refractivity contribution in [2.24, 2.45) is 5.92 Å². The number of rotatable bonds is 10. The number of aromatic amines is 1. The first-order valence-electron chi connectivity index (χ1n) is 12.3. The second-order valence-electron chi connectivity index (χ2n) is 8.66. The van der Waals surface area contributed by atoms with Gasteiger partial charge in [0.25, 0.3) is 0 Å². The van der Waals surface area contributed by atoms with Crippen molar-refractivity contribution < 1.29 is 28.9 Å². The number of nitrogens with one attached hydrogen (secondary N) is 3.